The largest absolute Gasteiger partial charge is 0.464 e. The average molecular weight is 223 g/mol. The standard InChI is InChI=1S/C10H9NO3S/c1-14-10(13)9(15)11-8(12)7-5-3-2-4-6-7/h2-6H,1H3,(H,11,12,15). The molecule has 0 heterocycles. The highest BCUT2D eigenvalue weighted by molar-refractivity contribution is 7.82. The van der Waals surface area contributed by atoms with Crippen molar-refractivity contribution in [1.29, 1.82) is 0 Å². The van der Waals surface area contributed by atoms with E-state index in [0.717, 1.165) is 0 Å². The molecule has 0 aromatic heterocycles. The number of hydrogen-bond acceptors (Lipinski definition) is 4. The summed E-state index contributed by atoms with van der Waals surface area (Å²) >= 11 is 4.65. The van der Waals surface area contributed by atoms with Crippen molar-refractivity contribution in [2.75, 3.05) is 7.11 Å². The summed E-state index contributed by atoms with van der Waals surface area (Å²) < 4.78 is 4.35. The average Bonchev–Trinajstić information content (AvgIpc) is 2.29. The van der Waals surface area contributed by atoms with E-state index in [4.69, 9.17) is 0 Å². The molecule has 78 valence electrons. The maximum atomic E-state index is 11.5. The van der Waals surface area contributed by atoms with E-state index in [1.807, 2.05) is 0 Å². The molecular weight excluding hydrogens is 214 g/mol. The van der Waals surface area contributed by atoms with Crippen molar-refractivity contribution in [1.82, 2.24) is 5.32 Å². The third-order valence-electron chi connectivity index (χ3n) is 1.63. The molecule has 1 N–H and O–H groups in total. The second kappa shape index (κ2) is 5.21. The van der Waals surface area contributed by atoms with Crippen LogP contribution in [0.3, 0.4) is 0 Å². The molecule has 0 saturated heterocycles. The van der Waals surface area contributed by atoms with Crippen LogP contribution in [-0.4, -0.2) is 24.0 Å². The first kappa shape index (κ1) is 11.3. The molecule has 0 atom stereocenters. The first-order valence-corrected chi connectivity index (χ1v) is 4.54. The Labute approximate surface area is 92.2 Å². The molecule has 0 aliphatic rings. The van der Waals surface area contributed by atoms with Gasteiger partial charge in [0.05, 0.1) is 7.11 Å². The lowest BCUT2D eigenvalue weighted by atomic mass is 10.2. The number of methoxy groups -OCH3 is 1. The fourth-order valence-corrected chi connectivity index (χ4v) is 1.08. The van der Waals surface area contributed by atoms with Gasteiger partial charge in [0.25, 0.3) is 5.91 Å². The Morgan fingerprint density at radius 3 is 2.40 bits per heavy atom. The molecule has 1 amide bonds. The lowest BCUT2D eigenvalue weighted by Crippen LogP contribution is -2.35. The van der Waals surface area contributed by atoms with Crippen LogP contribution in [0.2, 0.25) is 0 Å². The molecule has 0 unspecified atom stereocenters. The number of thiocarbonyl (C=S) groups is 1. The van der Waals surface area contributed by atoms with Gasteiger partial charge in [-0.3, -0.25) is 4.79 Å². The Morgan fingerprint density at radius 2 is 1.87 bits per heavy atom. The minimum absolute atomic E-state index is 0.244. The van der Waals surface area contributed by atoms with Crippen molar-refractivity contribution in [3.8, 4) is 0 Å². The molecule has 0 fully saturated rings. The molecule has 4 nitrogen and oxygen atoms in total. The van der Waals surface area contributed by atoms with E-state index in [1.165, 1.54) is 7.11 Å². The van der Waals surface area contributed by atoms with Gasteiger partial charge in [-0.2, -0.15) is 0 Å². The summed E-state index contributed by atoms with van der Waals surface area (Å²) in [5.74, 6) is -1.15. The second-order valence-corrected chi connectivity index (χ2v) is 3.05. The van der Waals surface area contributed by atoms with Crippen molar-refractivity contribution in [3.05, 3.63) is 35.9 Å². The molecule has 1 aromatic carbocycles. The number of nitrogens with one attached hydrogen (secondary N) is 1. The third-order valence-corrected chi connectivity index (χ3v) is 1.90. The smallest absolute Gasteiger partial charge is 0.366 e. The summed E-state index contributed by atoms with van der Waals surface area (Å²) in [6.45, 7) is 0. The zero-order chi connectivity index (χ0) is 11.3. The quantitative estimate of drug-likeness (QED) is 0.568. The Balaban J connectivity index is 2.65. The van der Waals surface area contributed by atoms with E-state index in [2.05, 4.69) is 22.3 Å². The van der Waals surface area contributed by atoms with E-state index >= 15 is 0 Å². The van der Waals surface area contributed by atoms with Crippen LogP contribution < -0.4 is 5.32 Å². The number of carbonyl (C=O) groups excluding carboxylic acids is 2. The lowest BCUT2D eigenvalue weighted by Gasteiger charge is -2.04. The van der Waals surface area contributed by atoms with E-state index < -0.39 is 11.9 Å². The monoisotopic (exact) mass is 223 g/mol. The van der Waals surface area contributed by atoms with Crippen molar-refractivity contribution < 1.29 is 14.3 Å². The van der Waals surface area contributed by atoms with E-state index in [0.29, 0.717) is 5.56 Å². The predicted molar refractivity (Wildman–Crippen MR) is 58.5 cm³/mol. The first-order valence-electron chi connectivity index (χ1n) is 4.14. The lowest BCUT2D eigenvalue weighted by molar-refractivity contribution is -0.132. The van der Waals surface area contributed by atoms with Gasteiger partial charge in [0.15, 0.2) is 4.99 Å². The Hall–Kier alpha value is -1.75. The SMILES string of the molecule is COC(=O)C(=S)NC(=O)c1ccccc1. The summed E-state index contributed by atoms with van der Waals surface area (Å²) in [6.07, 6.45) is 0. The van der Waals surface area contributed by atoms with Crippen LogP contribution in [0.4, 0.5) is 0 Å². The second-order valence-electron chi connectivity index (χ2n) is 2.64. The Morgan fingerprint density at radius 1 is 1.27 bits per heavy atom. The van der Waals surface area contributed by atoms with Gasteiger partial charge in [-0.1, -0.05) is 30.4 Å². The number of benzene rings is 1. The number of amides is 1. The molecule has 0 bridgehead atoms. The minimum atomic E-state index is -0.728. The highest BCUT2D eigenvalue weighted by atomic mass is 32.1. The van der Waals surface area contributed by atoms with E-state index in [-0.39, 0.29) is 4.99 Å². The van der Waals surface area contributed by atoms with Gasteiger partial charge in [0.2, 0.25) is 0 Å². The van der Waals surface area contributed by atoms with Gasteiger partial charge >= 0.3 is 5.97 Å². The zero-order valence-electron chi connectivity index (χ0n) is 8.02. The molecular formula is C10H9NO3S. The van der Waals surface area contributed by atoms with Crippen molar-refractivity contribution in [2.45, 2.75) is 0 Å². The van der Waals surface area contributed by atoms with Crippen LogP contribution in [0.25, 0.3) is 0 Å². The van der Waals surface area contributed by atoms with Crippen LogP contribution in [0, 0.1) is 0 Å². The van der Waals surface area contributed by atoms with Gasteiger partial charge in [0.1, 0.15) is 0 Å². The van der Waals surface area contributed by atoms with Crippen LogP contribution in [0.5, 0.6) is 0 Å². The summed E-state index contributed by atoms with van der Waals surface area (Å²) in [7, 11) is 1.20. The zero-order valence-corrected chi connectivity index (χ0v) is 8.84. The summed E-state index contributed by atoms with van der Waals surface area (Å²) in [4.78, 5) is 22.1. The summed E-state index contributed by atoms with van der Waals surface area (Å²) in [5.41, 5.74) is 0.434. The number of esters is 1. The minimum Gasteiger partial charge on any atom is -0.464 e. The Bertz CT molecular complexity index is 389. The fourth-order valence-electron chi connectivity index (χ4n) is 0.909. The maximum absolute atomic E-state index is 11.5. The molecule has 0 spiro atoms. The molecule has 5 heteroatoms. The number of rotatable bonds is 1. The Kier molecular flexibility index (Phi) is 3.93. The molecule has 0 radical (unpaired) electrons. The van der Waals surface area contributed by atoms with Crippen molar-refractivity contribution >= 4 is 29.1 Å². The maximum Gasteiger partial charge on any atom is 0.366 e. The van der Waals surface area contributed by atoms with Gasteiger partial charge in [-0.15, -0.1) is 0 Å². The van der Waals surface area contributed by atoms with Gasteiger partial charge in [0, 0.05) is 5.56 Å². The van der Waals surface area contributed by atoms with Crippen molar-refractivity contribution in [3.63, 3.8) is 0 Å². The fraction of sp³-hybridized carbons (Fsp3) is 0.100. The van der Waals surface area contributed by atoms with Gasteiger partial charge < -0.3 is 10.1 Å². The molecule has 1 rings (SSSR count). The number of ether oxygens (including phenoxy) is 1. The predicted octanol–water partition coefficient (Wildman–Crippen LogP) is 0.917. The topological polar surface area (TPSA) is 55.4 Å². The third kappa shape index (κ3) is 3.14. The van der Waals surface area contributed by atoms with E-state index in [1.54, 1.807) is 30.3 Å². The summed E-state index contributed by atoms with van der Waals surface area (Å²) in [5, 5.41) is 2.26. The molecule has 0 aliphatic heterocycles. The van der Waals surface area contributed by atoms with Crippen molar-refractivity contribution in [2.24, 2.45) is 0 Å². The first-order chi connectivity index (χ1) is 7.15. The van der Waals surface area contributed by atoms with Crippen LogP contribution in [-0.2, 0) is 9.53 Å². The number of carbonyl (C=O) groups is 2. The molecule has 15 heavy (non-hydrogen) atoms. The highest BCUT2D eigenvalue weighted by Crippen LogP contribution is 1.97. The van der Waals surface area contributed by atoms with Gasteiger partial charge in [-0.25, -0.2) is 4.79 Å². The van der Waals surface area contributed by atoms with Crippen LogP contribution in [0.15, 0.2) is 30.3 Å². The summed E-state index contributed by atoms with van der Waals surface area (Å²) in [6, 6.07) is 8.46. The molecule has 0 saturated carbocycles. The normalized spacial score (nSPS) is 9.13. The molecule has 1 aromatic rings. The van der Waals surface area contributed by atoms with E-state index in [9.17, 15) is 9.59 Å². The highest BCUT2D eigenvalue weighted by Gasteiger charge is 2.13. The molecule has 0 aliphatic carbocycles. The van der Waals surface area contributed by atoms with Crippen LogP contribution in [0.1, 0.15) is 10.4 Å². The number of hydrogen-bond donors (Lipinski definition) is 1. The van der Waals surface area contributed by atoms with Crippen LogP contribution >= 0.6 is 12.2 Å². The van der Waals surface area contributed by atoms with Gasteiger partial charge in [-0.05, 0) is 12.1 Å².